The summed E-state index contributed by atoms with van der Waals surface area (Å²) in [6.07, 6.45) is 4.78. The van der Waals surface area contributed by atoms with Crippen LogP contribution in [0.5, 0.6) is 5.75 Å². The van der Waals surface area contributed by atoms with Crippen LogP contribution >= 0.6 is 0 Å². The molecule has 0 atom stereocenters. The Labute approximate surface area is 221 Å². The zero-order valence-corrected chi connectivity index (χ0v) is 22.2. The van der Waals surface area contributed by atoms with Crippen molar-refractivity contribution in [3.8, 4) is 5.75 Å². The Kier molecular flexibility index (Phi) is 7.25. The van der Waals surface area contributed by atoms with Gasteiger partial charge in [-0.25, -0.2) is 9.18 Å². The lowest BCUT2D eigenvalue weighted by Gasteiger charge is -2.33. The van der Waals surface area contributed by atoms with E-state index in [0.29, 0.717) is 30.0 Å². The van der Waals surface area contributed by atoms with Gasteiger partial charge in [0.1, 0.15) is 11.3 Å². The average molecular weight is 520 g/mol. The lowest BCUT2D eigenvalue weighted by molar-refractivity contribution is 0.0694. The fourth-order valence-electron chi connectivity index (χ4n) is 5.62. The van der Waals surface area contributed by atoms with Gasteiger partial charge in [-0.05, 0) is 51.3 Å². The number of carbonyl (C=O) groups is 1. The number of ether oxygens (including phenoxy) is 1. The summed E-state index contributed by atoms with van der Waals surface area (Å²) in [6.45, 7) is 5.20. The molecule has 3 aromatic rings. The summed E-state index contributed by atoms with van der Waals surface area (Å²) in [4.78, 5) is 29.0. The van der Waals surface area contributed by atoms with Crippen molar-refractivity contribution in [2.45, 2.75) is 45.2 Å². The fourth-order valence-corrected chi connectivity index (χ4v) is 5.62. The molecule has 38 heavy (non-hydrogen) atoms. The molecule has 1 N–H and O–H groups in total. The van der Waals surface area contributed by atoms with Gasteiger partial charge in [-0.3, -0.25) is 9.69 Å². The molecule has 0 spiro atoms. The molecule has 200 valence electrons. The monoisotopic (exact) mass is 519 g/mol. The molecule has 2 fully saturated rings. The molecule has 0 radical (unpaired) electrons. The predicted molar refractivity (Wildman–Crippen MR) is 147 cm³/mol. The van der Waals surface area contributed by atoms with Crippen molar-refractivity contribution in [2.24, 2.45) is 0 Å². The van der Waals surface area contributed by atoms with Crippen molar-refractivity contribution in [2.75, 3.05) is 38.7 Å². The van der Waals surface area contributed by atoms with Gasteiger partial charge in [0.25, 0.3) is 0 Å². The van der Waals surface area contributed by atoms with Crippen molar-refractivity contribution < 1.29 is 19.0 Å². The zero-order chi connectivity index (χ0) is 27.0. The number of halogens is 1. The third-order valence-electron chi connectivity index (χ3n) is 7.66. The number of aromatic carboxylic acids is 1. The van der Waals surface area contributed by atoms with Gasteiger partial charge in [-0.15, -0.1) is 0 Å². The molecule has 0 amide bonds. The molecule has 0 bridgehead atoms. The van der Waals surface area contributed by atoms with Gasteiger partial charge in [0.05, 0.1) is 18.0 Å². The fraction of sp³-hybridized carbons (Fsp3) is 0.400. The number of hydrogen-bond donors (Lipinski definition) is 1. The van der Waals surface area contributed by atoms with Crippen LogP contribution in [0.25, 0.3) is 10.9 Å². The molecule has 1 aliphatic heterocycles. The van der Waals surface area contributed by atoms with E-state index in [9.17, 15) is 14.7 Å². The highest BCUT2D eigenvalue weighted by molar-refractivity contribution is 5.97. The first-order valence-electron chi connectivity index (χ1n) is 13.1. The van der Waals surface area contributed by atoms with E-state index >= 15 is 4.39 Å². The second-order valence-electron chi connectivity index (χ2n) is 10.5. The maximum absolute atomic E-state index is 15.6. The molecule has 1 saturated heterocycles. The molecule has 2 aliphatic rings. The highest BCUT2D eigenvalue weighted by Gasteiger charge is 2.32. The molecule has 7 nitrogen and oxygen atoms in total. The zero-order valence-electron chi connectivity index (χ0n) is 22.2. The van der Waals surface area contributed by atoms with E-state index < -0.39 is 17.2 Å². The van der Waals surface area contributed by atoms with Gasteiger partial charge in [0.15, 0.2) is 11.6 Å². The molecule has 1 aromatic heterocycles. The predicted octanol–water partition coefficient (Wildman–Crippen LogP) is 5.23. The molecular formula is C30H34FN3O4. The second-order valence-corrected chi connectivity index (χ2v) is 10.5. The number of fused-ring (bicyclic) bond motifs is 1. The highest BCUT2D eigenvalue weighted by atomic mass is 19.1. The van der Waals surface area contributed by atoms with Crippen molar-refractivity contribution in [3.05, 3.63) is 80.9 Å². The summed E-state index contributed by atoms with van der Waals surface area (Å²) in [5, 5.41) is 9.60. The number of carboxylic acids is 1. The van der Waals surface area contributed by atoms with Crippen LogP contribution in [0.2, 0.25) is 0 Å². The van der Waals surface area contributed by atoms with Crippen molar-refractivity contribution in [1.82, 2.24) is 9.47 Å². The minimum absolute atomic E-state index is 0.0461. The molecule has 0 unspecified atom stereocenters. The molecular weight excluding hydrogens is 485 g/mol. The van der Waals surface area contributed by atoms with E-state index in [1.54, 1.807) is 4.57 Å². The topological polar surface area (TPSA) is 75.0 Å². The number of benzene rings is 2. The number of pyridine rings is 1. The first-order valence-corrected chi connectivity index (χ1v) is 13.1. The van der Waals surface area contributed by atoms with Crippen LogP contribution in [0, 0.1) is 5.82 Å². The number of rotatable bonds is 8. The normalized spacial score (nSPS) is 15.8. The van der Waals surface area contributed by atoms with Crippen LogP contribution in [0.15, 0.2) is 58.5 Å². The van der Waals surface area contributed by atoms with Gasteiger partial charge in [0.2, 0.25) is 5.43 Å². The largest absolute Gasteiger partial charge is 0.492 e. The summed E-state index contributed by atoms with van der Waals surface area (Å²) in [6, 6.07) is 11.7. The van der Waals surface area contributed by atoms with E-state index in [2.05, 4.69) is 43.1 Å². The maximum Gasteiger partial charge on any atom is 0.341 e. The number of piperidine rings is 1. The second kappa shape index (κ2) is 10.6. The number of carboxylic acid groups (broad SMARTS) is 1. The number of methoxy groups -OCH3 is 1. The summed E-state index contributed by atoms with van der Waals surface area (Å²) >= 11 is 0. The summed E-state index contributed by atoms with van der Waals surface area (Å²) < 4.78 is 23.1. The minimum atomic E-state index is -1.31. The third kappa shape index (κ3) is 5.05. The molecule has 5 rings (SSSR count). The van der Waals surface area contributed by atoms with Crippen molar-refractivity contribution in [3.63, 3.8) is 0 Å². The van der Waals surface area contributed by atoms with Crippen LogP contribution in [-0.2, 0) is 6.54 Å². The van der Waals surface area contributed by atoms with Crippen LogP contribution in [0.3, 0.4) is 0 Å². The van der Waals surface area contributed by atoms with Crippen LogP contribution in [-0.4, -0.2) is 54.3 Å². The van der Waals surface area contributed by atoms with E-state index in [4.69, 9.17) is 4.74 Å². The van der Waals surface area contributed by atoms with Crippen molar-refractivity contribution >= 4 is 22.6 Å². The van der Waals surface area contributed by atoms with E-state index in [1.165, 1.54) is 36.1 Å². The molecule has 8 heteroatoms. The lowest BCUT2D eigenvalue weighted by Crippen LogP contribution is -2.33. The summed E-state index contributed by atoms with van der Waals surface area (Å²) in [5.41, 5.74) is 3.80. The minimum Gasteiger partial charge on any atom is -0.492 e. The first-order chi connectivity index (χ1) is 18.3. The van der Waals surface area contributed by atoms with Gasteiger partial charge < -0.3 is 19.3 Å². The summed E-state index contributed by atoms with van der Waals surface area (Å²) in [7, 11) is 3.60. The number of hydrogen-bond acceptors (Lipinski definition) is 5. The maximum atomic E-state index is 15.6. The Bertz CT molecular complexity index is 1450. The number of nitrogens with zero attached hydrogens (tertiary/aromatic N) is 3. The van der Waals surface area contributed by atoms with Crippen molar-refractivity contribution in [1.29, 1.82) is 0 Å². The Hall–Kier alpha value is -3.65. The van der Waals surface area contributed by atoms with E-state index in [0.717, 1.165) is 38.8 Å². The highest BCUT2D eigenvalue weighted by Crippen LogP contribution is 2.44. The lowest BCUT2D eigenvalue weighted by atomic mass is 9.97. The van der Waals surface area contributed by atoms with E-state index in [1.807, 2.05) is 11.0 Å². The first kappa shape index (κ1) is 26.0. The molecule has 2 aromatic carbocycles. The summed E-state index contributed by atoms with van der Waals surface area (Å²) in [5.74, 6) is -1.58. The number of aromatic nitrogens is 1. The average Bonchev–Trinajstić information content (AvgIpc) is 3.74. The number of likely N-dealkylation sites (N-methyl/N-ethyl adjacent to an activating group) is 1. The Balaban J connectivity index is 1.41. The SMILES string of the molecule is COc1c(N2CCC(=C(C)CN(C)Cc3ccccc3)CC2)c(F)cc2c(=O)c(C(=O)O)cn(C3CC3)c12. The Morgan fingerprint density at radius 2 is 1.87 bits per heavy atom. The van der Waals surface area contributed by atoms with Gasteiger partial charge in [-0.2, -0.15) is 0 Å². The number of anilines is 1. The third-order valence-corrected chi connectivity index (χ3v) is 7.66. The van der Waals surface area contributed by atoms with Gasteiger partial charge >= 0.3 is 5.97 Å². The Morgan fingerprint density at radius 3 is 2.47 bits per heavy atom. The smallest absolute Gasteiger partial charge is 0.341 e. The van der Waals surface area contributed by atoms with Gasteiger partial charge in [0, 0.05) is 38.4 Å². The van der Waals surface area contributed by atoms with E-state index in [-0.39, 0.29) is 17.0 Å². The van der Waals surface area contributed by atoms with Gasteiger partial charge in [-0.1, -0.05) is 41.5 Å². The quantitative estimate of drug-likeness (QED) is 0.411. The van der Waals surface area contributed by atoms with Crippen LogP contribution in [0.4, 0.5) is 10.1 Å². The Morgan fingerprint density at radius 1 is 1.18 bits per heavy atom. The van der Waals surface area contributed by atoms with Crippen LogP contribution in [0.1, 0.15) is 54.6 Å². The molecule has 1 saturated carbocycles. The van der Waals surface area contributed by atoms with Crippen LogP contribution < -0.4 is 15.1 Å². The standard InChI is InChI=1S/C30H34FN3O4/c1-19(16-32(2)17-20-7-5-4-6-8-20)21-11-13-33(14-12-21)27-25(31)15-23-26(29(27)38-3)34(22-9-10-22)18-24(28(23)35)30(36)37/h4-8,15,18,22H,9-14,16-17H2,1-3H3,(H,36,37). The molecule has 1 aliphatic carbocycles. The molecule has 2 heterocycles.